The Labute approximate surface area is 322 Å². The molecule has 55 heavy (non-hydrogen) atoms. The van der Waals surface area contributed by atoms with Crippen LogP contribution in [0.25, 0.3) is 109 Å². The highest BCUT2D eigenvalue weighted by Gasteiger charge is 2.15. The van der Waals surface area contributed by atoms with E-state index in [0.29, 0.717) is 5.82 Å². The Morgan fingerprint density at radius 1 is 0.291 bits per heavy atom. The molecule has 0 aliphatic heterocycles. The van der Waals surface area contributed by atoms with Crippen LogP contribution in [-0.2, 0) is 0 Å². The van der Waals surface area contributed by atoms with Crippen molar-refractivity contribution in [1.82, 2.24) is 9.97 Å². The zero-order valence-electron chi connectivity index (χ0n) is 29.8. The molecular formula is C52H32N2S. The SMILES string of the molecule is c1ccc(-c2nc(-c3ccc(-c4ccc5c6ccccc6c6ccccc6c5c4)cc3)cc(-c3ccc(-c4cccc5sc6ccccc6c45)cc3)n2)cc1. The molecule has 256 valence electrons. The normalized spacial score (nSPS) is 11.6. The molecule has 0 bridgehead atoms. The lowest BCUT2D eigenvalue weighted by atomic mass is 9.92. The number of fused-ring (bicyclic) bond motifs is 9. The van der Waals surface area contributed by atoms with Crippen LogP contribution in [0.4, 0.5) is 0 Å². The van der Waals surface area contributed by atoms with Gasteiger partial charge in [0.2, 0.25) is 0 Å². The molecule has 0 aliphatic rings. The third-order valence-corrected chi connectivity index (χ3v) is 12.0. The number of aromatic nitrogens is 2. The summed E-state index contributed by atoms with van der Waals surface area (Å²) in [5.74, 6) is 0.712. The number of benzene rings is 9. The van der Waals surface area contributed by atoms with Crippen molar-refractivity contribution in [3.8, 4) is 56.2 Å². The maximum atomic E-state index is 5.12. The monoisotopic (exact) mass is 716 g/mol. The molecule has 0 saturated heterocycles. The van der Waals surface area contributed by atoms with Crippen LogP contribution in [0.1, 0.15) is 0 Å². The van der Waals surface area contributed by atoms with Gasteiger partial charge in [-0.05, 0) is 78.8 Å². The molecule has 0 spiro atoms. The van der Waals surface area contributed by atoms with Gasteiger partial charge in [0, 0.05) is 36.9 Å². The smallest absolute Gasteiger partial charge is 0.160 e. The van der Waals surface area contributed by atoms with Gasteiger partial charge in [0.25, 0.3) is 0 Å². The fourth-order valence-electron chi connectivity index (χ4n) is 8.22. The molecule has 3 heteroatoms. The maximum absolute atomic E-state index is 5.12. The highest BCUT2D eigenvalue weighted by molar-refractivity contribution is 7.25. The zero-order valence-corrected chi connectivity index (χ0v) is 30.6. The maximum Gasteiger partial charge on any atom is 0.160 e. The Balaban J connectivity index is 0.980. The van der Waals surface area contributed by atoms with Gasteiger partial charge >= 0.3 is 0 Å². The average molecular weight is 717 g/mol. The molecule has 0 fully saturated rings. The third kappa shape index (κ3) is 5.40. The second kappa shape index (κ2) is 12.9. The van der Waals surface area contributed by atoms with E-state index >= 15 is 0 Å². The van der Waals surface area contributed by atoms with Crippen molar-refractivity contribution in [2.24, 2.45) is 0 Å². The molecule has 2 heterocycles. The Hall–Kier alpha value is -6.94. The second-order valence-corrected chi connectivity index (χ2v) is 15.2. The summed E-state index contributed by atoms with van der Waals surface area (Å²) in [6, 6.07) is 69.7. The van der Waals surface area contributed by atoms with Gasteiger partial charge in [-0.15, -0.1) is 11.3 Å². The van der Waals surface area contributed by atoms with Gasteiger partial charge in [-0.2, -0.15) is 0 Å². The number of rotatable bonds is 5. The fourth-order valence-corrected chi connectivity index (χ4v) is 9.35. The van der Waals surface area contributed by atoms with E-state index in [4.69, 9.17) is 9.97 Å². The summed E-state index contributed by atoms with van der Waals surface area (Å²) < 4.78 is 2.63. The average Bonchev–Trinajstić information content (AvgIpc) is 3.66. The third-order valence-electron chi connectivity index (χ3n) is 10.9. The molecule has 0 amide bonds. The molecule has 2 aromatic heterocycles. The fraction of sp³-hybridized carbons (Fsp3) is 0. The van der Waals surface area contributed by atoms with Gasteiger partial charge in [-0.25, -0.2) is 9.97 Å². The van der Waals surface area contributed by atoms with Gasteiger partial charge < -0.3 is 0 Å². The lowest BCUT2D eigenvalue weighted by Crippen LogP contribution is -1.96. The molecule has 11 rings (SSSR count). The highest BCUT2D eigenvalue weighted by Crippen LogP contribution is 2.41. The van der Waals surface area contributed by atoms with Crippen LogP contribution >= 0.6 is 11.3 Å². The van der Waals surface area contributed by atoms with Crippen LogP contribution in [-0.4, -0.2) is 9.97 Å². The number of thiophene rings is 1. The first kappa shape index (κ1) is 31.6. The predicted octanol–water partition coefficient (Wildman–Crippen LogP) is 14.6. The van der Waals surface area contributed by atoms with Crippen LogP contribution in [0.5, 0.6) is 0 Å². The summed E-state index contributed by atoms with van der Waals surface area (Å²) in [6.45, 7) is 0. The van der Waals surface area contributed by atoms with Crippen molar-refractivity contribution >= 4 is 63.8 Å². The first-order valence-corrected chi connectivity index (χ1v) is 19.5. The number of hydrogen-bond acceptors (Lipinski definition) is 3. The molecule has 0 saturated carbocycles. The van der Waals surface area contributed by atoms with Gasteiger partial charge in [-0.1, -0.05) is 170 Å². The number of hydrogen-bond donors (Lipinski definition) is 0. The molecule has 2 nitrogen and oxygen atoms in total. The van der Waals surface area contributed by atoms with Crippen LogP contribution in [0.15, 0.2) is 194 Å². The Morgan fingerprint density at radius 2 is 0.782 bits per heavy atom. The Bertz CT molecular complexity index is 3200. The van der Waals surface area contributed by atoms with Crippen LogP contribution < -0.4 is 0 Å². The quantitative estimate of drug-likeness (QED) is 0.166. The largest absolute Gasteiger partial charge is 0.228 e. The van der Waals surface area contributed by atoms with Crippen molar-refractivity contribution in [3.05, 3.63) is 194 Å². The van der Waals surface area contributed by atoms with Crippen molar-refractivity contribution in [1.29, 1.82) is 0 Å². The minimum absolute atomic E-state index is 0.712. The van der Waals surface area contributed by atoms with Crippen molar-refractivity contribution in [2.75, 3.05) is 0 Å². The van der Waals surface area contributed by atoms with E-state index < -0.39 is 0 Å². The lowest BCUT2D eigenvalue weighted by molar-refractivity contribution is 1.18. The summed E-state index contributed by atoms with van der Waals surface area (Å²) in [7, 11) is 0. The van der Waals surface area contributed by atoms with Crippen molar-refractivity contribution in [2.45, 2.75) is 0 Å². The molecule has 9 aromatic carbocycles. The van der Waals surface area contributed by atoms with Gasteiger partial charge in [0.1, 0.15) is 0 Å². The van der Waals surface area contributed by atoms with E-state index in [0.717, 1.165) is 28.1 Å². The van der Waals surface area contributed by atoms with E-state index in [1.165, 1.54) is 74.7 Å². The summed E-state index contributed by atoms with van der Waals surface area (Å²) in [6.07, 6.45) is 0. The standard InChI is InChI=1S/C52H32N2S/c1-2-11-37(12-3-1)52-53-47(32-48(54-52)36-27-23-34(24-28-36)39-18-10-20-50-51(39)45-17-8-9-19-49(45)55-50)35-25-21-33(22-26-35)38-29-30-44-42-15-5-4-13-40(42)41-14-6-7-16-43(41)46(44)31-38/h1-32H. The van der Waals surface area contributed by atoms with E-state index in [9.17, 15) is 0 Å². The minimum atomic E-state index is 0.712. The summed E-state index contributed by atoms with van der Waals surface area (Å²) >= 11 is 1.85. The second-order valence-electron chi connectivity index (χ2n) is 14.1. The lowest BCUT2D eigenvalue weighted by Gasteiger charge is -2.13. The van der Waals surface area contributed by atoms with Crippen LogP contribution in [0, 0.1) is 0 Å². The van der Waals surface area contributed by atoms with Gasteiger partial charge in [0.05, 0.1) is 11.4 Å². The molecule has 0 aliphatic carbocycles. The molecule has 0 N–H and O–H groups in total. The van der Waals surface area contributed by atoms with E-state index in [1.54, 1.807) is 0 Å². The Morgan fingerprint density at radius 3 is 1.44 bits per heavy atom. The van der Waals surface area contributed by atoms with E-state index in [2.05, 4.69) is 176 Å². The summed E-state index contributed by atoms with van der Waals surface area (Å²) in [5.41, 5.74) is 9.70. The van der Waals surface area contributed by atoms with E-state index in [-0.39, 0.29) is 0 Å². The highest BCUT2D eigenvalue weighted by atomic mass is 32.1. The molecule has 0 unspecified atom stereocenters. The van der Waals surface area contributed by atoms with Gasteiger partial charge in [0.15, 0.2) is 5.82 Å². The predicted molar refractivity (Wildman–Crippen MR) is 235 cm³/mol. The van der Waals surface area contributed by atoms with E-state index in [1.807, 2.05) is 29.5 Å². The minimum Gasteiger partial charge on any atom is -0.228 e. The summed E-state index contributed by atoms with van der Waals surface area (Å²) in [4.78, 5) is 10.2. The first-order valence-electron chi connectivity index (χ1n) is 18.6. The van der Waals surface area contributed by atoms with Crippen molar-refractivity contribution in [3.63, 3.8) is 0 Å². The Kier molecular flexibility index (Phi) is 7.39. The van der Waals surface area contributed by atoms with Crippen LogP contribution in [0.3, 0.4) is 0 Å². The zero-order chi connectivity index (χ0) is 36.3. The van der Waals surface area contributed by atoms with Crippen LogP contribution in [0.2, 0.25) is 0 Å². The number of nitrogens with zero attached hydrogens (tertiary/aromatic N) is 2. The van der Waals surface area contributed by atoms with Crippen molar-refractivity contribution < 1.29 is 0 Å². The molecule has 0 atom stereocenters. The summed E-state index contributed by atoms with van der Waals surface area (Å²) in [5, 5.41) is 10.3. The first-order chi connectivity index (χ1) is 27.2. The van der Waals surface area contributed by atoms with Gasteiger partial charge in [-0.3, -0.25) is 0 Å². The molecule has 11 aromatic rings. The molecule has 0 radical (unpaired) electrons. The topological polar surface area (TPSA) is 25.8 Å². The molecular weight excluding hydrogens is 685 g/mol.